The molecule has 2 atom stereocenters. The number of aliphatic hydroxyl groups is 2. The summed E-state index contributed by atoms with van der Waals surface area (Å²) in [5.74, 6) is -1.73. The Balaban J connectivity index is 2.52. The highest BCUT2D eigenvalue weighted by Crippen LogP contribution is 2.31. The average molecular weight is 497 g/mol. The molecule has 1 heterocycles. The molecule has 12 heteroatoms. The quantitative estimate of drug-likeness (QED) is 0.234. The normalized spacial score (nSPS) is 13.8. The molecule has 10 nitrogen and oxygen atoms in total. The predicted octanol–water partition coefficient (Wildman–Crippen LogP) is 2.19. The van der Waals surface area contributed by atoms with Gasteiger partial charge in [-0.3, -0.25) is 14.7 Å². The van der Waals surface area contributed by atoms with E-state index in [-0.39, 0.29) is 24.0 Å². The van der Waals surface area contributed by atoms with Crippen LogP contribution < -0.4 is 10.2 Å². The van der Waals surface area contributed by atoms with E-state index in [0.29, 0.717) is 22.5 Å². The maximum Gasteiger partial charge on any atom is 0.245 e. The highest BCUT2D eigenvalue weighted by Gasteiger charge is 2.20. The van der Waals surface area contributed by atoms with Crippen LogP contribution in [-0.4, -0.2) is 57.7 Å². The van der Waals surface area contributed by atoms with Crippen molar-refractivity contribution in [3.8, 4) is 11.3 Å². The Bertz CT molecular complexity index is 1120. The van der Waals surface area contributed by atoms with Gasteiger partial charge in [0.15, 0.2) is 0 Å². The van der Waals surface area contributed by atoms with Crippen molar-refractivity contribution in [3.63, 3.8) is 0 Å². The molecule has 0 aliphatic heterocycles. The van der Waals surface area contributed by atoms with E-state index in [1.165, 1.54) is 48.8 Å². The first kappa shape index (κ1) is 27.3. The Morgan fingerprint density at radius 2 is 1.82 bits per heavy atom. The summed E-state index contributed by atoms with van der Waals surface area (Å²) in [6, 6.07) is 5.47. The van der Waals surface area contributed by atoms with E-state index in [2.05, 4.69) is 14.7 Å². The van der Waals surface area contributed by atoms with Crippen LogP contribution in [-0.2, 0) is 14.8 Å². The Hall–Kier alpha value is -2.93. The van der Waals surface area contributed by atoms with Crippen molar-refractivity contribution in [2.45, 2.75) is 51.7 Å². The third kappa shape index (κ3) is 7.83. The summed E-state index contributed by atoms with van der Waals surface area (Å²) >= 11 is 0. The fraction of sp³-hybridized carbons (Fsp3) is 0.409. The zero-order valence-electron chi connectivity index (χ0n) is 19.1. The number of sulfonamides is 1. The highest BCUT2D eigenvalue weighted by atomic mass is 32.2. The second-order valence-corrected chi connectivity index (χ2v) is 9.93. The zero-order valence-corrected chi connectivity index (χ0v) is 19.9. The van der Waals surface area contributed by atoms with Crippen LogP contribution in [0.2, 0.25) is 0 Å². The van der Waals surface area contributed by atoms with Gasteiger partial charge in [-0.2, -0.15) is 0 Å². The van der Waals surface area contributed by atoms with Crippen molar-refractivity contribution in [1.29, 1.82) is 0 Å². The molecule has 5 N–H and O–H groups in total. The van der Waals surface area contributed by atoms with Crippen molar-refractivity contribution in [2.75, 3.05) is 10.5 Å². The molecule has 0 fully saturated rings. The molecule has 2 aromatic rings. The highest BCUT2D eigenvalue weighted by molar-refractivity contribution is 7.92. The molecule has 0 radical (unpaired) electrons. The van der Waals surface area contributed by atoms with Crippen LogP contribution in [0.3, 0.4) is 0 Å². The van der Waals surface area contributed by atoms with Crippen LogP contribution in [0.1, 0.15) is 50.8 Å². The molecular weight excluding hydrogens is 467 g/mol. The third-order valence-electron chi connectivity index (χ3n) is 4.81. The minimum atomic E-state index is -3.66. The molecule has 1 aromatic carbocycles. The van der Waals surface area contributed by atoms with Crippen LogP contribution in [0.25, 0.3) is 17.3 Å². The first-order valence-electron chi connectivity index (χ1n) is 10.6. The first-order valence-corrected chi connectivity index (χ1v) is 12.3. The van der Waals surface area contributed by atoms with E-state index in [1.807, 2.05) is 13.8 Å². The zero-order chi connectivity index (χ0) is 25.5. The number of aliphatic hydroxyl groups excluding tert-OH is 2. The van der Waals surface area contributed by atoms with Gasteiger partial charge in [-0.05, 0) is 37.1 Å². The van der Waals surface area contributed by atoms with Crippen molar-refractivity contribution in [2.24, 2.45) is 0 Å². The van der Waals surface area contributed by atoms with Gasteiger partial charge in [0, 0.05) is 17.5 Å². The van der Waals surface area contributed by atoms with Gasteiger partial charge in [0.25, 0.3) is 0 Å². The summed E-state index contributed by atoms with van der Waals surface area (Å²) in [5, 5.41) is 28.8. The van der Waals surface area contributed by atoms with Crippen LogP contribution in [0.15, 0.2) is 30.3 Å². The third-order valence-corrected chi connectivity index (χ3v) is 6.06. The number of nitrogens with one attached hydrogen (secondary N) is 2. The van der Waals surface area contributed by atoms with E-state index >= 15 is 0 Å². The molecule has 0 spiro atoms. The Morgan fingerprint density at radius 3 is 2.38 bits per heavy atom. The van der Waals surface area contributed by atoms with Crippen LogP contribution >= 0.6 is 0 Å². The molecule has 34 heavy (non-hydrogen) atoms. The molecule has 0 bridgehead atoms. The van der Waals surface area contributed by atoms with Gasteiger partial charge in [-0.1, -0.05) is 26.0 Å². The largest absolute Gasteiger partial charge is 0.392 e. The maximum absolute atomic E-state index is 13.5. The van der Waals surface area contributed by atoms with Gasteiger partial charge in [0.05, 0.1) is 35.8 Å². The standard InChI is InChI=1S/C22H29FN4O6S/c1-4-34(32,33)27-22-24-20(13(2)3)18(21(25-22)14-5-7-15(23)8-6-14)10-9-16(28)11-17(29)12-19(30)26-31/h5-10,13,16-17,28-29,31H,4,11-12H2,1-3H3,(H,26,30)(H,24,25,27)/b10-9+/t16-,17-/m1/s1. The van der Waals surface area contributed by atoms with Gasteiger partial charge in [-0.15, -0.1) is 0 Å². The summed E-state index contributed by atoms with van der Waals surface area (Å²) in [4.78, 5) is 19.9. The number of anilines is 1. The molecule has 0 saturated heterocycles. The summed E-state index contributed by atoms with van der Waals surface area (Å²) in [7, 11) is -3.66. The lowest BCUT2D eigenvalue weighted by Crippen LogP contribution is -2.26. The fourth-order valence-corrected chi connectivity index (χ4v) is 3.60. The molecule has 1 aromatic heterocycles. The number of halogens is 1. The van der Waals surface area contributed by atoms with Gasteiger partial charge in [0.1, 0.15) is 5.82 Å². The van der Waals surface area contributed by atoms with E-state index in [1.54, 1.807) is 0 Å². The summed E-state index contributed by atoms with van der Waals surface area (Å²) in [6.45, 7) is 5.17. The second kappa shape index (κ2) is 12.0. The number of benzene rings is 1. The molecule has 1 amide bonds. The SMILES string of the molecule is CCS(=O)(=O)Nc1nc(-c2ccc(F)cc2)c(/C=C/[C@@H](O)C[C@@H](O)CC(=O)NO)c(C(C)C)n1. The average Bonchev–Trinajstić information content (AvgIpc) is 2.77. The van der Waals surface area contributed by atoms with E-state index in [4.69, 9.17) is 5.21 Å². The van der Waals surface area contributed by atoms with Gasteiger partial charge >= 0.3 is 0 Å². The number of nitrogens with zero attached hydrogens (tertiary/aromatic N) is 2. The summed E-state index contributed by atoms with van der Waals surface area (Å²) in [6.07, 6.45) is -0.00375. The molecule has 186 valence electrons. The molecular formula is C22H29FN4O6S. The Kier molecular flexibility index (Phi) is 9.62. The van der Waals surface area contributed by atoms with Gasteiger partial charge < -0.3 is 10.2 Å². The number of carbonyl (C=O) groups excluding carboxylic acids is 1. The second-order valence-electron chi connectivity index (χ2n) is 7.92. The Morgan fingerprint density at radius 1 is 1.18 bits per heavy atom. The first-order chi connectivity index (χ1) is 16.0. The van der Waals surface area contributed by atoms with Crippen molar-refractivity contribution >= 4 is 28.0 Å². The van der Waals surface area contributed by atoms with Gasteiger partial charge in [-0.25, -0.2) is 28.3 Å². The number of carbonyl (C=O) groups is 1. The predicted molar refractivity (Wildman–Crippen MR) is 125 cm³/mol. The van der Waals surface area contributed by atoms with Crippen molar-refractivity contribution < 1.29 is 33.0 Å². The molecule has 0 unspecified atom stereocenters. The van der Waals surface area contributed by atoms with E-state index < -0.39 is 40.4 Å². The summed E-state index contributed by atoms with van der Waals surface area (Å²) in [5.41, 5.74) is 3.18. The number of hydroxylamine groups is 1. The number of rotatable bonds is 11. The van der Waals surface area contributed by atoms with Crippen LogP contribution in [0.5, 0.6) is 0 Å². The lowest BCUT2D eigenvalue weighted by molar-refractivity contribution is -0.131. The van der Waals surface area contributed by atoms with Gasteiger partial charge in [0.2, 0.25) is 21.9 Å². The maximum atomic E-state index is 13.5. The lowest BCUT2D eigenvalue weighted by Gasteiger charge is -2.17. The van der Waals surface area contributed by atoms with Crippen LogP contribution in [0.4, 0.5) is 10.3 Å². The number of aromatic nitrogens is 2. The molecule has 2 rings (SSSR count). The number of amides is 1. The number of hydrogen-bond donors (Lipinski definition) is 5. The topological polar surface area (TPSA) is 162 Å². The monoisotopic (exact) mass is 496 g/mol. The lowest BCUT2D eigenvalue weighted by atomic mass is 9.97. The fourth-order valence-electron chi connectivity index (χ4n) is 3.08. The number of hydrogen-bond acceptors (Lipinski definition) is 8. The smallest absolute Gasteiger partial charge is 0.245 e. The summed E-state index contributed by atoms with van der Waals surface area (Å²) < 4.78 is 40.0. The molecule has 0 aliphatic rings. The van der Waals surface area contributed by atoms with Crippen molar-refractivity contribution in [3.05, 3.63) is 47.4 Å². The van der Waals surface area contributed by atoms with E-state index in [0.717, 1.165) is 0 Å². The van der Waals surface area contributed by atoms with Crippen LogP contribution in [0, 0.1) is 5.82 Å². The minimum Gasteiger partial charge on any atom is -0.392 e. The minimum absolute atomic E-state index is 0.131. The van der Waals surface area contributed by atoms with E-state index in [9.17, 15) is 27.8 Å². The molecule has 0 aliphatic carbocycles. The van der Waals surface area contributed by atoms with Crippen molar-refractivity contribution in [1.82, 2.24) is 15.4 Å². The Labute approximate surface area is 197 Å². The molecule has 0 saturated carbocycles.